The van der Waals surface area contributed by atoms with Crippen LogP contribution in [-0.2, 0) is 4.79 Å². The van der Waals surface area contributed by atoms with Gasteiger partial charge in [0, 0.05) is 13.6 Å². The number of rotatable bonds is 7. The molecule has 1 amide bonds. The third-order valence-corrected chi connectivity index (χ3v) is 1.88. The van der Waals surface area contributed by atoms with E-state index in [1.165, 1.54) is 0 Å². The van der Waals surface area contributed by atoms with Crippen LogP contribution in [0.25, 0.3) is 0 Å². The molecule has 0 fully saturated rings. The number of amides is 1. The molecule has 2 heteroatoms. The lowest BCUT2D eigenvalue weighted by Gasteiger charge is -2.09. The SMILES string of the molecule is C=C/C(=C\C=C/CC)CCN(C)C=O. The summed E-state index contributed by atoms with van der Waals surface area (Å²) < 4.78 is 0. The molecule has 0 aliphatic heterocycles. The Morgan fingerprint density at radius 2 is 2.21 bits per heavy atom. The second-order valence-corrected chi connectivity index (χ2v) is 3.12. The van der Waals surface area contributed by atoms with Crippen molar-refractivity contribution in [3.63, 3.8) is 0 Å². The maximum Gasteiger partial charge on any atom is 0.209 e. The van der Waals surface area contributed by atoms with Crippen LogP contribution in [0.2, 0.25) is 0 Å². The molecule has 0 rings (SSSR count). The second kappa shape index (κ2) is 8.30. The van der Waals surface area contributed by atoms with Gasteiger partial charge in [-0.2, -0.15) is 0 Å². The average molecular weight is 193 g/mol. The highest BCUT2D eigenvalue weighted by Crippen LogP contribution is 2.03. The van der Waals surface area contributed by atoms with Crippen LogP contribution in [-0.4, -0.2) is 24.9 Å². The third kappa shape index (κ3) is 6.23. The van der Waals surface area contributed by atoms with Gasteiger partial charge in [-0.15, -0.1) is 0 Å². The van der Waals surface area contributed by atoms with Gasteiger partial charge in [-0.1, -0.05) is 37.8 Å². The zero-order valence-corrected chi connectivity index (χ0v) is 9.07. The summed E-state index contributed by atoms with van der Waals surface area (Å²) >= 11 is 0. The number of allylic oxidation sites excluding steroid dienone is 4. The normalized spacial score (nSPS) is 11.7. The molecule has 0 heterocycles. The molecule has 0 N–H and O–H groups in total. The first-order chi connectivity index (χ1) is 6.74. The van der Waals surface area contributed by atoms with Crippen molar-refractivity contribution in [2.24, 2.45) is 0 Å². The van der Waals surface area contributed by atoms with Crippen LogP contribution in [0.15, 0.2) is 36.5 Å². The Balaban J connectivity index is 4.02. The lowest BCUT2D eigenvalue weighted by molar-refractivity contribution is -0.116. The Hall–Kier alpha value is -1.31. The van der Waals surface area contributed by atoms with Crippen molar-refractivity contribution in [1.29, 1.82) is 0 Å². The van der Waals surface area contributed by atoms with E-state index in [9.17, 15) is 4.79 Å². The third-order valence-electron chi connectivity index (χ3n) is 1.88. The van der Waals surface area contributed by atoms with E-state index in [4.69, 9.17) is 0 Å². The Bertz CT molecular complexity index is 228. The zero-order chi connectivity index (χ0) is 10.8. The first-order valence-corrected chi connectivity index (χ1v) is 4.88. The summed E-state index contributed by atoms with van der Waals surface area (Å²) in [5.74, 6) is 0. The van der Waals surface area contributed by atoms with Gasteiger partial charge in [0.15, 0.2) is 0 Å². The van der Waals surface area contributed by atoms with Crippen LogP contribution >= 0.6 is 0 Å². The molecule has 0 spiro atoms. The smallest absolute Gasteiger partial charge is 0.209 e. The van der Waals surface area contributed by atoms with Crippen molar-refractivity contribution in [2.75, 3.05) is 13.6 Å². The van der Waals surface area contributed by atoms with Gasteiger partial charge in [-0.05, 0) is 18.4 Å². The molecule has 0 aliphatic carbocycles. The number of nitrogens with zero attached hydrogens (tertiary/aromatic N) is 1. The van der Waals surface area contributed by atoms with Gasteiger partial charge in [-0.3, -0.25) is 4.79 Å². The number of carbonyl (C=O) groups is 1. The molecule has 0 atom stereocenters. The minimum Gasteiger partial charge on any atom is -0.348 e. The minimum absolute atomic E-state index is 0.737. The molecular formula is C12H19NO. The van der Waals surface area contributed by atoms with Gasteiger partial charge in [0.1, 0.15) is 0 Å². The zero-order valence-electron chi connectivity index (χ0n) is 9.07. The average Bonchev–Trinajstić information content (AvgIpc) is 2.22. The first kappa shape index (κ1) is 12.7. The van der Waals surface area contributed by atoms with Crippen molar-refractivity contribution >= 4 is 6.41 Å². The quantitative estimate of drug-likeness (QED) is 0.449. The second-order valence-electron chi connectivity index (χ2n) is 3.12. The lowest BCUT2D eigenvalue weighted by Crippen LogP contribution is -2.17. The van der Waals surface area contributed by atoms with E-state index in [2.05, 4.69) is 19.6 Å². The Morgan fingerprint density at radius 1 is 1.50 bits per heavy atom. The number of hydrogen-bond donors (Lipinski definition) is 0. The van der Waals surface area contributed by atoms with E-state index in [0.29, 0.717) is 0 Å². The van der Waals surface area contributed by atoms with E-state index in [1.807, 2.05) is 18.2 Å². The summed E-state index contributed by atoms with van der Waals surface area (Å²) in [6, 6.07) is 0. The molecule has 0 bridgehead atoms. The molecule has 14 heavy (non-hydrogen) atoms. The fourth-order valence-corrected chi connectivity index (χ4v) is 0.939. The summed E-state index contributed by atoms with van der Waals surface area (Å²) in [5, 5.41) is 0. The number of hydrogen-bond acceptors (Lipinski definition) is 1. The van der Waals surface area contributed by atoms with E-state index < -0.39 is 0 Å². The molecule has 0 saturated heterocycles. The van der Waals surface area contributed by atoms with Crippen molar-refractivity contribution < 1.29 is 4.79 Å². The maximum atomic E-state index is 10.3. The van der Waals surface area contributed by atoms with Crippen molar-refractivity contribution in [3.8, 4) is 0 Å². The van der Waals surface area contributed by atoms with Gasteiger partial charge in [0.25, 0.3) is 0 Å². The molecule has 0 aromatic rings. The molecule has 0 aromatic heterocycles. The molecule has 0 saturated carbocycles. The first-order valence-electron chi connectivity index (χ1n) is 4.88. The summed E-state index contributed by atoms with van der Waals surface area (Å²) in [5.41, 5.74) is 1.16. The monoisotopic (exact) mass is 193 g/mol. The van der Waals surface area contributed by atoms with Gasteiger partial charge in [-0.25, -0.2) is 0 Å². The number of carbonyl (C=O) groups excluding carboxylic acids is 1. The molecule has 0 aliphatic rings. The maximum absolute atomic E-state index is 10.3. The van der Waals surface area contributed by atoms with Gasteiger partial charge >= 0.3 is 0 Å². The van der Waals surface area contributed by atoms with Gasteiger partial charge in [0.2, 0.25) is 6.41 Å². The summed E-state index contributed by atoms with van der Waals surface area (Å²) in [6.45, 7) is 6.57. The van der Waals surface area contributed by atoms with Gasteiger partial charge in [0.05, 0.1) is 0 Å². The highest BCUT2D eigenvalue weighted by Gasteiger charge is 1.94. The molecule has 78 valence electrons. The van der Waals surface area contributed by atoms with E-state index in [0.717, 1.165) is 31.4 Å². The lowest BCUT2D eigenvalue weighted by atomic mass is 10.1. The Kier molecular flexibility index (Phi) is 7.52. The van der Waals surface area contributed by atoms with Gasteiger partial charge < -0.3 is 4.90 Å². The predicted molar refractivity (Wildman–Crippen MR) is 61.0 cm³/mol. The topological polar surface area (TPSA) is 20.3 Å². The van der Waals surface area contributed by atoms with Crippen LogP contribution in [0.3, 0.4) is 0 Å². The summed E-state index contributed by atoms with van der Waals surface area (Å²) in [4.78, 5) is 12.0. The molecule has 0 unspecified atom stereocenters. The van der Waals surface area contributed by atoms with Crippen LogP contribution in [0.5, 0.6) is 0 Å². The van der Waals surface area contributed by atoms with E-state index in [-0.39, 0.29) is 0 Å². The fourth-order valence-electron chi connectivity index (χ4n) is 0.939. The van der Waals surface area contributed by atoms with Crippen LogP contribution in [0, 0.1) is 0 Å². The Morgan fingerprint density at radius 3 is 2.71 bits per heavy atom. The van der Waals surface area contributed by atoms with Crippen LogP contribution < -0.4 is 0 Å². The highest BCUT2D eigenvalue weighted by atomic mass is 16.1. The van der Waals surface area contributed by atoms with E-state index >= 15 is 0 Å². The summed E-state index contributed by atoms with van der Waals surface area (Å²) in [6.07, 6.45) is 10.7. The summed E-state index contributed by atoms with van der Waals surface area (Å²) in [7, 11) is 1.77. The highest BCUT2D eigenvalue weighted by molar-refractivity contribution is 5.46. The molecule has 0 aromatic carbocycles. The van der Waals surface area contributed by atoms with Crippen molar-refractivity contribution in [1.82, 2.24) is 4.90 Å². The predicted octanol–water partition coefficient (Wildman–Crippen LogP) is 2.54. The van der Waals surface area contributed by atoms with E-state index in [1.54, 1.807) is 11.9 Å². The van der Waals surface area contributed by atoms with Crippen molar-refractivity contribution in [3.05, 3.63) is 36.5 Å². The molecule has 0 radical (unpaired) electrons. The van der Waals surface area contributed by atoms with Crippen LogP contribution in [0.4, 0.5) is 0 Å². The largest absolute Gasteiger partial charge is 0.348 e. The van der Waals surface area contributed by atoms with Crippen molar-refractivity contribution in [2.45, 2.75) is 19.8 Å². The minimum atomic E-state index is 0.737. The Labute approximate surface area is 86.6 Å². The van der Waals surface area contributed by atoms with Crippen LogP contribution in [0.1, 0.15) is 19.8 Å². The molecular weight excluding hydrogens is 174 g/mol. The fraction of sp³-hybridized carbons (Fsp3) is 0.417. The molecule has 2 nitrogen and oxygen atoms in total. The standard InChI is InChI=1S/C12H19NO/c1-4-6-7-8-12(5-2)9-10-13(3)11-14/h5-8,11H,2,4,9-10H2,1,3H3/b7-6-,12-8+.